The molecule has 4 N–H and O–H groups in total. The molecular formula is C7H8N4. The molecule has 11 heavy (non-hydrogen) atoms. The maximum absolute atomic E-state index is 5.56. The van der Waals surface area contributed by atoms with Gasteiger partial charge in [0, 0.05) is 11.1 Å². The highest BCUT2D eigenvalue weighted by molar-refractivity contribution is 5.81. The molecule has 56 valence electrons. The van der Waals surface area contributed by atoms with Crippen LogP contribution in [0.25, 0.3) is 10.9 Å². The second kappa shape index (κ2) is 1.88. The molecule has 0 radical (unpaired) electrons. The highest BCUT2D eigenvalue weighted by atomic mass is 15.5. The number of fused-ring (bicyclic) bond motifs is 1. The Morgan fingerprint density at radius 3 is 3.00 bits per heavy atom. The Hall–Kier alpha value is -1.71. The molecule has 0 aliphatic carbocycles. The van der Waals surface area contributed by atoms with Crippen LogP contribution >= 0.6 is 0 Å². The third-order valence-electron chi connectivity index (χ3n) is 1.55. The molecule has 0 fully saturated rings. The van der Waals surface area contributed by atoms with Crippen LogP contribution in [0.1, 0.15) is 0 Å². The summed E-state index contributed by atoms with van der Waals surface area (Å²) in [6.45, 7) is 0. The fourth-order valence-electron chi connectivity index (χ4n) is 1.06. The Labute approximate surface area is 63.4 Å². The number of nitrogens with two attached hydrogens (primary N) is 2. The highest BCUT2D eigenvalue weighted by Gasteiger charge is 1.96. The van der Waals surface area contributed by atoms with Gasteiger partial charge in [-0.15, -0.1) is 0 Å². The number of benzene rings is 1. The molecule has 0 bridgehead atoms. The standard InChI is InChI=1S/C7H8N4/c8-6-1-2-7-5(3-6)4-11(9)10-7/h1-4H,8-9H2. The molecule has 0 amide bonds. The van der Waals surface area contributed by atoms with Crippen molar-refractivity contribution in [2.24, 2.45) is 0 Å². The minimum atomic E-state index is 0.727. The normalized spacial score (nSPS) is 10.5. The first-order chi connectivity index (χ1) is 5.25. The summed E-state index contributed by atoms with van der Waals surface area (Å²) in [6.07, 6.45) is 1.73. The van der Waals surface area contributed by atoms with Gasteiger partial charge in [0.1, 0.15) is 0 Å². The minimum absolute atomic E-state index is 0.727. The Morgan fingerprint density at radius 1 is 1.36 bits per heavy atom. The molecule has 2 aromatic rings. The summed E-state index contributed by atoms with van der Waals surface area (Å²) < 4.78 is 0. The second-order valence-corrected chi connectivity index (χ2v) is 2.43. The van der Waals surface area contributed by atoms with Gasteiger partial charge in [0.2, 0.25) is 0 Å². The molecule has 0 spiro atoms. The Balaban J connectivity index is 2.82. The van der Waals surface area contributed by atoms with Crippen LogP contribution in [0.5, 0.6) is 0 Å². The van der Waals surface area contributed by atoms with E-state index in [9.17, 15) is 0 Å². The lowest BCUT2D eigenvalue weighted by atomic mass is 10.2. The zero-order valence-electron chi connectivity index (χ0n) is 5.86. The maximum atomic E-state index is 5.56. The van der Waals surface area contributed by atoms with Crippen LogP contribution < -0.4 is 11.6 Å². The van der Waals surface area contributed by atoms with Crippen LogP contribution in [0.4, 0.5) is 5.69 Å². The van der Waals surface area contributed by atoms with Crippen molar-refractivity contribution in [3.05, 3.63) is 24.4 Å². The van der Waals surface area contributed by atoms with Gasteiger partial charge in [-0.1, -0.05) is 0 Å². The van der Waals surface area contributed by atoms with Crippen LogP contribution in [-0.2, 0) is 0 Å². The summed E-state index contributed by atoms with van der Waals surface area (Å²) in [5.74, 6) is 5.41. The molecule has 0 atom stereocenters. The van der Waals surface area contributed by atoms with E-state index in [1.807, 2.05) is 12.1 Å². The lowest BCUT2D eigenvalue weighted by Gasteiger charge is -1.88. The van der Waals surface area contributed by atoms with Crippen LogP contribution in [-0.4, -0.2) is 9.89 Å². The topological polar surface area (TPSA) is 69.9 Å². The van der Waals surface area contributed by atoms with Crippen LogP contribution in [0, 0.1) is 0 Å². The molecule has 0 aliphatic heterocycles. The summed E-state index contributed by atoms with van der Waals surface area (Å²) >= 11 is 0. The van der Waals surface area contributed by atoms with Crippen LogP contribution in [0.3, 0.4) is 0 Å². The van der Waals surface area contributed by atoms with Gasteiger partial charge in [-0.2, -0.15) is 9.89 Å². The predicted molar refractivity (Wildman–Crippen MR) is 44.3 cm³/mol. The molecular weight excluding hydrogens is 140 g/mol. The molecule has 1 aromatic carbocycles. The second-order valence-electron chi connectivity index (χ2n) is 2.43. The molecule has 0 saturated carbocycles. The molecule has 1 aromatic heterocycles. The number of aromatic nitrogens is 2. The number of nitrogens with zero attached hydrogens (tertiary/aromatic N) is 2. The lowest BCUT2D eigenvalue weighted by molar-refractivity contribution is 0.846. The predicted octanol–water partition coefficient (Wildman–Crippen LogP) is 0.332. The third-order valence-corrected chi connectivity index (χ3v) is 1.55. The molecule has 4 nitrogen and oxygen atoms in total. The van der Waals surface area contributed by atoms with Crippen molar-refractivity contribution in [3.8, 4) is 0 Å². The van der Waals surface area contributed by atoms with E-state index >= 15 is 0 Å². The zero-order chi connectivity index (χ0) is 7.84. The number of hydrogen-bond donors (Lipinski definition) is 2. The quantitative estimate of drug-likeness (QED) is 0.418. The van der Waals surface area contributed by atoms with Crippen LogP contribution in [0.2, 0.25) is 0 Å². The van der Waals surface area contributed by atoms with E-state index in [1.165, 1.54) is 4.79 Å². The van der Waals surface area contributed by atoms with Crippen molar-refractivity contribution < 1.29 is 0 Å². The molecule has 0 unspecified atom stereocenters. The number of nitrogen functional groups attached to an aromatic ring is 2. The van der Waals surface area contributed by atoms with Crippen molar-refractivity contribution in [2.75, 3.05) is 11.6 Å². The minimum Gasteiger partial charge on any atom is -0.399 e. The van der Waals surface area contributed by atoms with E-state index in [0.29, 0.717) is 0 Å². The van der Waals surface area contributed by atoms with Gasteiger partial charge in [0.25, 0.3) is 0 Å². The van der Waals surface area contributed by atoms with Gasteiger partial charge in [0.05, 0.1) is 11.7 Å². The van der Waals surface area contributed by atoms with E-state index in [2.05, 4.69) is 5.10 Å². The first kappa shape index (κ1) is 6.03. The van der Waals surface area contributed by atoms with Crippen molar-refractivity contribution in [3.63, 3.8) is 0 Å². The van der Waals surface area contributed by atoms with Gasteiger partial charge in [-0.25, -0.2) is 0 Å². The molecule has 0 saturated heterocycles. The third kappa shape index (κ3) is 0.881. The number of rotatable bonds is 0. The van der Waals surface area contributed by atoms with Gasteiger partial charge in [0.15, 0.2) is 0 Å². The molecule has 4 heteroatoms. The Kier molecular flexibility index (Phi) is 1.03. The van der Waals surface area contributed by atoms with E-state index in [0.717, 1.165) is 16.6 Å². The fraction of sp³-hybridized carbons (Fsp3) is 0. The first-order valence-corrected chi connectivity index (χ1v) is 3.26. The van der Waals surface area contributed by atoms with Crippen molar-refractivity contribution in [1.29, 1.82) is 0 Å². The van der Waals surface area contributed by atoms with Gasteiger partial charge < -0.3 is 11.6 Å². The van der Waals surface area contributed by atoms with Gasteiger partial charge >= 0.3 is 0 Å². The van der Waals surface area contributed by atoms with E-state index < -0.39 is 0 Å². The average Bonchev–Trinajstić information content (AvgIpc) is 2.27. The smallest absolute Gasteiger partial charge is 0.0945 e. The number of anilines is 1. The SMILES string of the molecule is Nc1ccc2nn(N)cc2c1. The monoisotopic (exact) mass is 148 g/mol. The average molecular weight is 148 g/mol. The Bertz CT molecular complexity index is 390. The lowest BCUT2D eigenvalue weighted by Crippen LogP contribution is -2.07. The van der Waals surface area contributed by atoms with Crippen molar-refractivity contribution in [1.82, 2.24) is 9.89 Å². The fourth-order valence-corrected chi connectivity index (χ4v) is 1.06. The molecule has 2 rings (SSSR count). The van der Waals surface area contributed by atoms with E-state index in [4.69, 9.17) is 11.6 Å². The summed E-state index contributed by atoms with van der Waals surface area (Å²) in [6, 6.07) is 5.48. The summed E-state index contributed by atoms with van der Waals surface area (Å²) in [5.41, 5.74) is 7.15. The largest absolute Gasteiger partial charge is 0.399 e. The zero-order valence-corrected chi connectivity index (χ0v) is 5.86. The maximum Gasteiger partial charge on any atom is 0.0945 e. The summed E-state index contributed by atoms with van der Waals surface area (Å²) in [5, 5.41) is 4.96. The highest BCUT2D eigenvalue weighted by Crippen LogP contribution is 2.13. The number of hydrogen-bond acceptors (Lipinski definition) is 3. The first-order valence-electron chi connectivity index (χ1n) is 3.26. The van der Waals surface area contributed by atoms with Gasteiger partial charge in [-0.3, -0.25) is 0 Å². The molecule has 0 aliphatic rings. The van der Waals surface area contributed by atoms with Crippen molar-refractivity contribution >= 4 is 16.6 Å². The summed E-state index contributed by atoms with van der Waals surface area (Å²) in [4.78, 5) is 1.28. The van der Waals surface area contributed by atoms with Crippen LogP contribution in [0.15, 0.2) is 24.4 Å². The molecule has 1 heterocycles. The van der Waals surface area contributed by atoms with E-state index in [1.54, 1.807) is 12.3 Å². The Morgan fingerprint density at radius 2 is 2.18 bits per heavy atom. The van der Waals surface area contributed by atoms with Gasteiger partial charge in [-0.05, 0) is 18.2 Å². The van der Waals surface area contributed by atoms with Crippen molar-refractivity contribution in [2.45, 2.75) is 0 Å². The van der Waals surface area contributed by atoms with E-state index in [-0.39, 0.29) is 0 Å². The summed E-state index contributed by atoms with van der Waals surface area (Å²) in [7, 11) is 0.